The highest BCUT2D eigenvalue weighted by Crippen LogP contribution is 2.23. The number of amides is 1. The van der Waals surface area contributed by atoms with Gasteiger partial charge in [-0.25, -0.2) is 15.0 Å². The number of carbonyl (C=O) groups is 1. The molecule has 0 unspecified atom stereocenters. The van der Waals surface area contributed by atoms with Crippen molar-refractivity contribution in [1.29, 1.82) is 0 Å². The number of nitrogens with one attached hydrogen (secondary N) is 1. The molecule has 28 heavy (non-hydrogen) atoms. The summed E-state index contributed by atoms with van der Waals surface area (Å²) < 4.78 is 6.03. The fourth-order valence-electron chi connectivity index (χ4n) is 3.27. The Morgan fingerprint density at radius 2 is 1.96 bits per heavy atom. The van der Waals surface area contributed by atoms with Gasteiger partial charge in [-0.2, -0.15) is 0 Å². The zero-order valence-electron chi connectivity index (χ0n) is 15.5. The second kappa shape index (κ2) is 9.03. The van der Waals surface area contributed by atoms with E-state index < -0.39 is 0 Å². The molecule has 0 bridgehead atoms. The zero-order valence-corrected chi connectivity index (χ0v) is 16.3. The van der Waals surface area contributed by atoms with E-state index >= 15 is 0 Å². The molecule has 1 saturated carbocycles. The van der Waals surface area contributed by atoms with Gasteiger partial charge < -0.3 is 10.1 Å². The average molecular weight is 394 g/mol. The highest BCUT2D eigenvalue weighted by molar-refractivity contribution is 7.13. The summed E-state index contributed by atoms with van der Waals surface area (Å²) in [7, 11) is 0. The summed E-state index contributed by atoms with van der Waals surface area (Å²) in [6.07, 6.45) is 9.79. The van der Waals surface area contributed by atoms with Gasteiger partial charge in [-0.15, -0.1) is 11.3 Å². The second-order valence-corrected chi connectivity index (χ2v) is 7.69. The molecule has 4 rings (SSSR count). The van der Waals surface area contributed by atoms with Crippen molar-refractivity contribution < 1.29 is 9.53 Å². The summed E-state index contributed by atoms with van der Waals surface area (Å²) >= 11 is 1.35. The Hall–Kier alpha value is -2.64. The van der Waals surface area contributed by atoms with Crippen molar-refractivity contribution in [2.24, 2.45) is 0 Å². The van der Waals surface area contributed by atoms with E-state index in [1.807, 2.05) is 24.3 Å². The van der Waals surface area contributed by atoms with Gasteiger partial charge in [0.1, 0.15) is 5.69 Å². The summed E-state index contributed by atoms with van der Waals surface area (Å²) in [4.78, 5) is 25.2. The van der Waals surface area contributed by atoms with E-state index in [2.05, 4.69) is 20.3 Å². The fraction of sp³-hybridized carbons (Fsp3) is 0.333. The predicted molar refractivity (Wildman–Crippen MR) is 109 cm³/mol. The number of hydrogen-bond acceptors (Lipinski definition) is 6. The summed E-state index contributed by atoms with van der Waals surface area (Å²) in [6, 6.07) is 9.52. The molecule has 0 saturated heterocycles. The summed E-state index contributed by atoms with van der Waals surface area (Å²) in [5, 5.41) is 5.25. The number of hydrogen-bond donors (Lipinski definition) is 1. The molecule has 1 fully saturated rings. The summed E-state index contributed by atoms with van der Waals surface area (Å²) in [5.41, 5.74) is 2.15. The number of thiazole rings is 1. The standard InChI is InChI=1S/C21H22N4O2S/c26-20(18-14-28-21(25-18)19-22-10-5-11-23-19)24-16-7-4-6-15(12-16)13-27-17-8-2-1-3-9-17/h4-7,10-12,14,17H,1-3,8-9,13H2,(H,24,26). The van der Waals surface area contributed by atoms with Crippen molar-refractivity contribution in [3.05, 3.63) is 59.4 Å². The Morgan fingerprint density at radius 3 is 2.79 bits per heavy atom. The number of aromatic nitrogens is 3. The van der Waals surface area contributed by atoms with Crippen LogP contribution in [0.15, 0.2) is 48.1 Å². The van der Waals surface area contributed by atoms with Crippen LogP contribution >= 0.6 is 11.3 Å². The third-order valence-corrected chi connectivity index (χ3v) is 5.55. The molecule has 0 aliphatic heterocycles. The van der Waals surface area contributed by atoms with Crippen LogP contribution in [0.3, 0.4) is 0 Å². The molecular weight excluding hydrogens is 372 g/mol. The summed E-state index contributed by atoms with van der Waals surface area (Å²) in [5.74, 6) is 0.275. The minimum Gasteiger partial charge on any atom is -0.374 e. The third kappa shape index (κ3) is 4.79. The van der Waals surface area contributed by atoms with Crippen LogP contribution in [0.4, 0.5) is 5.69 Å². The van der Waals surface area contributed by atoms with Crippen LogP contribution in [0.25, 0.3) is 10.8 Å². The lowest BCUT2D eigenvalue weighted by Gasteiger charge is -2.22. The van der Waals surface area contributed by atoms with E-state index in [1.165, 1.54) is 30.6 Å². The lowest BCUT2D eigenvalue weighted by molar-refractivity contribution is 0.0169. The first kappa shape index (κ1) is 18.7. The second-order valence-electron chi connectivity index (χ2n) is 6.84. The monoisotopic (exact) mass is 394 g/mol. The molecule has 2 heterocycles. The van der Waals surface area contributed by atoms with Gasteiger partial charge in [-0.3, -0.25) is 4.79 Å². The van der Waals surface area contributed by atoms with Crippen LogP contribution in [-0.2, 0) is 11.3 Å². The molecule has 6 nitrogen and oxygen atoms in total. The van der Waals surface area contributed by atoms with Crippen LogP contribution in [-0.4, -0.2) is 27.0 Å². The number of benzene rings is 1. The minimum atomic E-state index is -0.246. The van der Waals surface area contributed by atoms with E-state index in [9.17, 15) is 4.79 Å². The van der Waals surface area contributed by atoms with Crippen LogP contribution in [0.5, 0.6) is 0 Å². The molecule has 1 N–H and O–H groups in total. The molecular formula is C21H22N4O2S. The molecule has 1 aliphatic carbocycles. The quantitative estimate of drug-likeness (QED) is 0.656. The minimum absolute atomic E-state index is 0.246. The van der Waals surface area contributed by atoms with Crippen molar-refractivity contribution in [2.75, 3.05) is 5.32 Å². The van der Waals surface area contributed by atoms with E-state index in [0.29, 0.717) is 29.2 Å². The van der Waals surface area contributed by atoms with Crippen molar-refractivity contribution in [3.63, 3.8) is 0 Å². The number of nitrogens with zero attached hydrogens (tertiary/aromatic N) is 3. The highest BCUT2D eigenvalue weighted by atomic mass is 32.1. The lowest BCUT2D eigenvalue weighted by Crippen LogP contribution is -2.16. The third-order valence-electron chi connectivity index (χ3n) is 4.72. The zero-order chi connectivity index (χ0) is 19.2. The van der Waals surface area contributed by atoms with Gasteiger partial charge in [0.15, 0.2) is 10.8 Å². The Bertz CT molecular complexity index is 923. The van der Waals surface area contributed by atoms with Gasteiger partial charge in [0.25, 0.3) is 5.91 Å². The van der Waals surface area contributed by atoms with Gasteiger partial charge in [0.2, 0.25) is 0 Å². The predicted octanol–water partition coefficient (Wildman–Crippen LogP) is 4.70. The molecule has 7 heteroatoms. The average Bonchev–Trinajstić information content (AvgIpc) is 3.25. The topological polar surface area (TPSA) is 77.0 Å². The largest absolute Gasteiger partial charge is 0.374 e. The van der Waals surface area contributed by atoms with Crippen LogP contribution in [0.2, 0.25) is 0 Å². The smallest absolute Gasteiger partial charge is 0.275 e. The molecule has 2 aromatic heterocycles. The van der Waals surface area contributed by atoms with E-state index in [0.717, 1.165) is 24.1 Å². The number of rotatable bonds is 6. The van der Waals surface area contributed by atoms with Crippen molar-refractivity contribution in [3.8, 4) is 10.8 Å². The molecule has 3 aromatic rings. The Morgan fingerprint density at radius 1 is 1.14 bits per heavy atom. The van der Waals surface area contributed by atoms with Gasteiger partial charge in [0, 0.05) is 23.5 Å². The van der Waals surface area contributed by atoms with Crippen LogP contribution in [0.1, 0.15) is 48.2 Å². The molecule has 1 aromatic carbocycles. The Labute approximate surface area is 168 Å². The number of carbonyl (C=O) groups excluding carboxylic acids is 1. The van der Waals surface area contributed by atoms with E-state index in [-0.39, 0.29) is 5.91 Å². The molecule has 0 atom stereocenters. The maximum Gasteiger partial charge on any atom is 0.275 e. The van der Waals surface area contributed by atoms with Gasteiger partial charge in [0.05, 0.1) is 12.7 Å². The molecule has 1 amide bonds. The lowest BCUT2D eigenvalue weighted by atomic mass is 9.98. The number of anilines is 1. The van der Waals surface area contributed by atoms with Gasteiger partial charge >= 0.3 is 0 Å². The first-order valence-corrected chi connectivity index (χ1v) is 10.4. The van der Waals surface area contributed by atoms with E-state index in [1.54, 1.807) is 23.8 Å². The maximum atomic E-state index is 12.5. The van der Waals surface area contributed by atoms with Crippen molar-refractivity contribution in [1.82, 2.24) is 15.0 Å². The SMILES string of the molecule is O=C(Nc1cccc(COC2CCCCC2)c1)c1csc(-c2ncccn2)n1. The van der Waals surface area contributed by atoms with Crippen molar-refractivity contribution >= 4 is 22.9 Å². The molecule has 144 valence electrons. The highest BCUT2D eigenvalue weighted by Gasteiger charge is 2.15. The molecule has 0 radical (unpaired) electrons. The fourth-order valence-corrected chi connectivity index (χ4v) is 4.02. The number of ether oxygens (including phenoxy) is 1. The van der Waals surface area contributed by atoms with Crippen LogP contribution in [0, 0.1) is 0 Å². The first-order valence-electron chi connectivity index (χ1n) is 9.53. The van der Waals surface area contributed by atoms with Gasteiger partial charge in [-0.1, -0.05) is 31.4 Å². The summed E-state index contributed by atoms with van der Waals surface area (Å²) in [6.45, 7) is 0.570. The first-order chi connectivity index (χ1) is 13.8. The van der Waals surface area contributed by atoms with Crippen molar-refractivity contribution in [2.45, 2.75) is 44.8 Å². The Kier molecular flexibility index (Phi) is 6.04. The van der Waals surface area contributed by atoms with Crippen LogP contribution < -0.4 is 5.32 Å². The van der Waals surface area contributed by atoms with Gasteiger partial charge in [-0.05, 0) is 36.6 Å². The normalized spacial score (nSPS) is 14.7. The molecule has 0 spiro atoms. The Balaban J connectivity index is 1.37. The maximum absolute atomic E-state index is 12.5. The van der Waals surface area contributed by atoms with E-state index in [4.69, 9.17) is 4.74 Å². The molecule has 1 aliphatic rings.